The van der Waals surface area contributed by atoms with Gasteiger partial charge in [0.25, 0.3) is 0 Å². The van der Waals surface area contributed by atoms with Gasteiger partial charge in [-0.1, -0.05) is 20.8 Å². The first-order valence-electron chi connectivity index (χ1n) is 11.1. The van der Waals surface area contributed by atoms with E-state index in [1.54, 1.807) is 18.8 Å². The monoisotopic (exact) mass is 467 g/mol. The first-order chi connectivity index (χ1) is 16.1. The number of ether oxygens (including phenoxy) is 2. The third-order valence-electron chi connectivity index (χ3n) is 6.15. The molecule has 1 aromatic carbocycles. The number of carboxylic acids is 1. The number of hydrogen-bond donors (Lipinski definition) is 1. The molecule has 0 amide bonds. The number of pyridine rings is 1. The minimum Gasteiger partial charge on any atom is -0.493 e. The van der Waals surface area contributed by atoms with Gasteiger partial charge in [-0.25, -0.2) is 9.48 Å². The normalized spacial score (nSPS) is 15.0. The van der Waals surface area contributed by atoms with E-state index in [-0.39, 0.29) is 17.0 Å². The SMILES string of the molecule is COCCCOc1cc2c(cc1-c1nnnn1C)-c1cc(=O)c(C(=O)O)cn1[C@H](C(C)(C)C)C2. The van der Waals surface area contributed by atoms with Crippen LogP contribution in [0.25, 0.3) is 22.6 Å². The Bertz CT molecular complexity index is 1290. The molecule has 0 saturated heterocycles. The molecule has 0 unspecified atom stereocenters. The maximum Gasteiger partial charge on any atom is 0.341 e. The highest BCUT2D eigenvalue weighted by Crippen LogP contribution is 2.45. The number of aryl methyl sites for hydroxylation is 1. The molecule has 10 nitrogen and oxygen atoms in total. The van der Waals surface area contributed by atoms with Gasteiger partial charge < -0.3 is 19.1 Å². The molecule has 4 rings (SSSR count). The lowest BCUT2D eigenvalue weighted by Crippen LogP contribution is -2.32. The van der Waals surface area contributed by atoms with Crippen molar-refractivity contribution < 1.29 is 19.4 Å². The Morgan fingerprint density at radius 1 is 1.21 bits per heavy atom. The molecule has 1 aliphatic heterocycles. The predicted molar refractivity (Wildman–Crippen MR) is 125 cm³/mol. The fraction of sp³-hybridized carbons (Fsp3) is 0.458. The van der Waals surface area contributed by atoms with Crippen molar-refractivity contribution in [1.82, 2.24) is 24.8 Å². The number of carboxylic acid groups (broad SMARTS) is 1. The number of rotatable bonds is 7. The molecule has 2 aromatic heterocycles. The van der Waals surface area contributed by atoms with Crippen molar-refractivity contribution in [2.24, 2.45) is 12.5 Å². The van der Waals surface area contributed by atoms with Gasteiger partial charge in [0.05, 0.1) is 17.9 Å². The van der Waals surface area contributed by atoms with Crippen LogP contribution in [0.5, 0.6) is 5.75 Å². The first kappa shape index (κ1) is 23.6. The van der Waals surface area contributed by atoms with E-state index in [2.05, 4.69) is 36.3 Å². The quantitative estimate of drug-likeness (QED) is 0.527. The molecule has 0 aliphatic carbocycles. The second kappa shape index (κ2) is 9.02. The van der Waals surface area contributed by atoms with E-state index in [9.17, 15) is 14.7 Å². The Morgan fingerprint density at radius 2 is 1.97 bits per heavy atom. The Labute approximate surface area is 197 Å². The fourth-order valence-corrected chi connectivity index (χ4v) is 4.38. The summed E-state index contributed by atoms with van der Waals surface area (Å²) in [5, 5.41) is 21.4. The molecular weight excluding hydrogens is 438 g/mol. The maximum absolute atomic E-state index is 12.7. The summed E-state index contributed by atoms with van der Waals surface area (Å²) in [6, 6.07) is 5.27. The van der Waals surface area contributed by atoms with Crippen LogP contribution in [0.3, 0.4) is 0 Å². The van der Waals surface area contributed by atoms with E-state index in [0.29, 0.717) is 42.5 Å². The molecule has 0 saturated carbocycles. The van der Waals surface area contributed by atoms with Crippen LogP contribution >= 0.6 is 0 Å². The maximum atomic E-state index is 12.7. The van der Waals surface area contributed by atoms with Crippen molar-refractivity contribution in [3.8, 4) is 28.4 Å². The highest BCUT2D eigenvalue weighted by molar-refractivity contribution is 5.88. The van der Waals surface area contributed by atoms with E-state index in [1.165, 1.54) is 12.3 Å². The molecule has 0 spiro atoms. The van der Waals surface area contributed by atoms with Crippen LogP contribution in [-0.2, 0) is 18.2 Å². The molecule has 0 fully saturated rings. The molecule has 3 aromatic rings. The highest BCUT2D eigenvalue weighted by Gasteiger charge is 2.34. The van der Waals surface area contributed by atoms with Gasteiger partial charge in [0.15, 0.2) is 11.3 Å². The number of methoxy groups -OCH3 is 1. The Balaban J connectivity index is 1.93. The Hall–Kier alpha value is -3.53. The summed E-state index contributed by atoms with van der Waals surface area (Å²) >= 11 is 0. The van der Waals surface area contributed by atoms with Crippen molar-refractivity contribution in [2.75, 3.05) is 20.3 Å². The number of carbonyl (C=O) groups is 1. The number of aromatic nitrogens is 5. The predicted octanol–water partition coefficient (Wildman–Crippen LogP) is 2.96. The van der Waals surface area contributed by atoms with Gasteiger partial charge in [-0.05, 0) is 40.0 Å². The van der Waals surface area contributed by atoms with E-state index in [1.807, 2.05) is 16.7 Å². The van der Waals surface area contributed by atoms with E-state index >= 15 is 0 Å². The van der Waals surface area contributed by atoms with E-state index in [4.69, 9.17) is 9.47 Å². The zero-order chi connectivity index (χ0) is 24.6. The van der Waals surface area contributed by atoms with Crippen molar-refractivity contribution in [2.45, 2.75) is 39.7 Å². The van der Waals surface area contributed by atoms with Crippen LogP contribution in [-0.4, -0.2) is 56.2 Å². The van der Waals surface area contributed by atoms with Gasteiger partial charge in [0.1, 0.15) is 11.3 Å². The van der Waals surface area contributed by atoms with Crippen molar-refractivity contribution in [1.29, 1.82) is 0 Å². The van der Waals surface area contributed by atoms with Gasteiger partial charge in [0.2, 0.25) is 0 Å². The van der Waals surface area contributed by atoms with Crippen molar-refractivity contribution >= 4 is 5.97 Å². The molecule has 1 aliphatic rings. The standard InChI is InChI=1S/C24H29N5O5/c1-24(2,3)21-10-14-9-20(34-8-6-7-33-5)16(22-25-26-27-28(22)4)11-15(14)18-12-19(30)17(23(31)32)13-29(18)21/h9,11-13,21H,6-8,10H2,1-5H3,(H,31,32)/t21-/m0/s1. The lowest BCUT2D eigenvalue weighted by atomic mass is 9.78. The average Bonchev–Trinajstić information content (AvgIpc) is 3.20. The summed E-state index contributed by atoms with van der Waals surface area (Å²) in [5.74, 6) is -0.0543. The van der Waals surface area contributed by atoms with Crippen LogP contribution in [0.15, 0.2) is 29.2 Å². The summed E-state index contributed by atoms with van der Waals surface area (Å²) in [7, 11) is 3.40. The van der Waals surface area contributed by atoms with Gasteiger partial charge in [0, 0.05) is 51.1 Å². The second-order valence-electron chi connectivity index (χ2n) is 9.56. The van der Waals surface area contributed by atoms with Gasteiger partial charge >= 0.3 is 5.97 Å². The molecule has 1 atom stereocenters. The van der Waals surface area contributed by atoms with Gasteiger partial charge in [-0.15, -0.1) is 5.10 Å². The largest absolute Gasteiger partial charge is 0.493 e. The molecule has 34 heavy (non-hydrogen) atoms. The summed E-state index contributed by atoms with van der Waals surface area (Å²) in [6.45, 7) is 7.36. The van der Waals surface area contributed by atoms with Crippen LogP contribution in [0, 0.1) is 5.41 Å². The minimum atomic E-state index is -1.23. The topological polar surface area (TPSA) is 121 Å². The zero-order valence-electron chi connectivity index (χ0n) is 20.0. The van der Waals surface area contributed by atoms with Crippen LogP contribution < -0.4 is 10.2 Å². The number of hydrogen-bond acceptors (Lipinski definition) is 7. The number of tetrazole rings is 1. The number of nitrogens with zero attached hydrogens (tertiary/aromatic N) is 5. The van der Waals surface area contributed by atoms with E-state index < -0.39 is 11.4 Å². The molecule has 1 N–H and O–H groups in total. The fourth-order valence-electron chi connectivity index (χ4n) is 4.38. The molecule has 10 heteroatoms. The molecular formula is C24H29N5O5. The smallest absolute Gasteiger partial charge is 0.341 e. The first-order valence-corrected chi connectivity index (χ1v) is 11.1. The zero-order valence-corrected chi connectivity index (χ0v) is 20.0. The number of fused-ring (bicyclic) bond motifs is 3. The Morgan fingerprint density at radius 3 is 2.59 bits per heavy atom. The number of aromatic carboxylic acids is 1. The van der Waals surface area contributed by atoms with Gasteiger partial charge in [-0.2, -0.15) is 0 Å². The Kier molecular flexibility index (Phi) is 6.26. The highest BCUT2D eigenvalue weighted by atomic mass is 16.5. The van der Waals surface area contributed by atoms with Crippen LogP contribution in [0.1, 0.15) is 49.2 Å². The third kappa shape index (κ3) is 4.33. The molecule has 0 bridgehead atoms. The number of benzene rings is 1. The molecule has 0 radical (unpaired) electrons. The second-order valence-corrected chi connectivity index (χ2v) is 9.56. The summed E-state index contributed by atoms with van der Waals surface area (Å²) in [6.07, 6.45) is 2.85. The van der Waals surface area contributed by atoms with Crippen molar-refractivity contribution in [3.63, 3.8) is 0 Å². The molecule has 180 valence electrons. The lowest BCUT2D eigenvalue weighted by Gasteiger charge is -2.39. The molecule has 3 heterocycles. The average molecular weight is 468 g/mol. The van der Waals surface area contributed by atoms with E-state index in [0.717, 1.165) is 17.5 Å². The van der Waals surface area contributed by atoms with Crippen molar-refractivity contribution in [3.05, 3.63) is 45.7 Å². The summed E-state index contributed by atoms with van der Waals surface area (Å²) in [5.41, 5.74) is 2.25. The lowest BCUT2D eigenvalue weighted by molar-refractivity contribution is 0.0693. The van der Waals surface area contributed by atoms with Crippen LogP contribution in [0.2, 0.25) is 0 Å². The van der Waals surface area contributed by atoms with Crippen LogP contribution in [0.4, 0.5) is 0 Å². The third-order valence-corrected chi connectivity index (χ3v) is 6.15. The minimum absolute atomic E-state index is 0.0580. The van der Waals surface area contributed by atoms with Gasteiger partial charge in [-0.3, -0.25) is 4.79 Å². The summed E-state index contributed by atoms with van der Waals surface area (Å²) in [4.78, 5) is 24.4. The summed E-state index contributed by atoms with van der Waals surface area (Å²) < 4.78 is 14.7.